The minimum Gasteiger partial charge on any atom is -0.770 e. The Balaban J connectivity index is 3.47. The lowest BCUT2D eigenvalue weighted by Crippen LogP contribution is -1.53. The van der Waals surface area contributed by atoms with Gasteiger partial charge >= 0.3 is 0 Å². The van der Waals surface area contributed by atoms with Crippen molar-refractivity contribution in [3.8, 4) is 0 Å². The Morgan fingerprint density at radius 2 is 1.60 bits per heavy atom. The number of rotatable bonds is 0. The molecular formula is CH3PS3-2. The summed E-state index contributed by atoms with van der Waals surface area (Å²) in [4.78, 5) is 0. The lowest BCUT2D eigenvalue weighted by atomic mass is 12.0. The molecule has 0 bridgehead atoms. The van der Waals surface area contributed by atoms with E-state index < -0.39 is 4.44 Å². The van der Waals surface area contributed by atoms with Gasteiger partial charge in [0.15, 0.2) is 0 Å². The molecule has 0 aromatic carbocycles. The standard InChI is InChI=1S/CH5PS3/c1-2(3,4)5/h1H3,(H2,3,4,5)/p-2. The van der Waals surface area contributed by atoms with Crippen LogP contribution in [0.4, 0.5) is 0 Å². The van der Waals surface area contributed by atoms with Crippen LogP contribution in [0.15, 0.2) is 0 Å². The molecule has 0 radical (unpaired) electrons. The van der Waals surface area contributed by atoms with Gasteiger partial charge in [0.25, 0.3) is 0 Å². The summed E-state index contributed by atoms with van der Waals surface area (Å²) < 4.78 is -1.64. The minimum atomic E-state index is -1.64. The summed E-state index contributed by atoms with van der Waals surface area (Å²) >= 11 is 13.7. The molecule has 0 aromatic rings. The van der Waals surface area contributed by atoms with Gasteiger partial charge in [-0.05, 0) is 0 Å². The van der Waals surface area contributed by atoms with Crippen molar-refractivity contribution in [2.24, 2.45) is 0 Å². The maximum absolute atomic E-state index is 4.57. The molecule has 0 atom stereocenters. The van der Waals surface area contributed by atoms with Crippen LogP contribution in [0.25, 0.3) is 0 Å². The van der Waals surface area contributed by atoms with E-state index in [4.69, 9.17) is 0 Å². The van der Waals surface area contributed by atoms with Crippen molar-refractivity contribution in [2.45, 2.75) is 0 Å². The lowest BCUT2D eigenvalue weighted by molar-refractivity contribution is 2.50. The van der Waals surface area contributed by atoms with Gasteiger partial charge in [-0.2, -0.15) is 11.8 Å². The SMILES string of the molecule is CP(=S)([S-])[S-]. The van der Waals surface area contributed by atoms with E-state index in [0.29, 0.717) is 0 Å². The van der Waals surface area contributed by atoms with Crippen molar-refractivity contribution < 1.29 is 0 Å². The quantitative estimate of drug-likeness (QED) is 0.366. The molecule has 5 heavy (non-hydrogen) atoms. The monoisotopic (exact) mass is 142 g/mol. The third-order valence-corrected chi connectivity index (χ3v) is 0. The van der Waals surface area contributed by atoms with Gasteiger partial charge in [0, 0.05) is 0 Å². The molecule has 0 aliphatic rings. The van der Waals surface area contributed by atoms with Crippen molar-refractivity contribution in [1.29, 1.82) is 0 Å². The molecule has 0 N–H and O–H groups in total. The highest BCUT2D eigenvalue weighted by atomic mass is 33.2. The predicted molar refractivity (Wildman–Crippen MR) is 34.9 cm³/mol. The molecule has 0 unspecified atom stereocenters. The Kier molecular flexibility index (Phi) is 2.38. The molecule has 0 spiro atoms. The van der Waals surface area contributed by atoms with E-state index in [9.17, 15) is 0 Å². The van der Waals surface area contributed by atoms with Crippen molar-refractivity contribution >= 4 is 40.7 Å². The highest BCUT2D eigenvalue weighted by Crippen LogP contribution is 2.33. The molecule has 0 heterocycles. The largest absolute Gasteiger partial charge is 0.770 e. The van der Waals surface area contributed by atoms with Crippen LogP contribution in [0.1, 0.15) is 0 Å². The average molecular weight is 142 g/mol. The first-order chi connectivity index (χ1) is 2.00. The molecule has 0 aliphatic heterocycles. The smallest absolute Gasteiger partial charge is 0.0767 e. The maximum Gasteiger partial charge on any atom is -0.0767 e. The van der Waals surface area contributed by atoms with E-state index in [1.807, 2.05) is 0 Å². The van der Waals surface area contributed by atoms with E-state index in [1.165, 1.54) is 0 Å². The molecule has 0 saturated carbocycles. The Hall–Kier alpha value is 1.35. The fraction of sp³-hybridized carbons (Fsp3) is 1.00. The Morgan fingerprint density at radius 1 is 1.60 bits per heavy atom. The molecule has 0 amide bonds. The Labute approximate surface area is 47.7 Å². The van der Waals surface area contributed by atoms with Crippen LogP contribution >= 0.6 is 4.44 Å². The van der Waals surface area contributed by atoms with Gasteiger partial charge in [-0.25, -0.2) is 0 Å². The second-order valence-electron chi connectivity index (χ2n) is 0.771. The predicted octanol–water partition coefficient (Wildman–Crippen LogP) is 1.02. The molecule has 0 aromatic heterocycles. The van der Waals surface area contributed by atoms with Crippen molar-refractivity contribution in [3.05, 3.63) is 0 Å². The number of hydrogen-bond acceptors (Lipinski definition) is 3. The molecule has 4 heteroatoms. The summed E-state index contributed by atoms with van der Waals surface area (Å²) in [6.07, 6.45) is 0. The van der Waals surface area contributed by atoms with Gasteiger partial charge < -0.3 is 28.9 Å². The van der Waals surface area contributed by atoms with Gasteiger partial charge in [-0.1, -0.05) is 6.66 Å². The summed E-state index contributed by atoms with van der Waals surface area (Å²) in [5.74, 6) is 0. The zero-order chi connectivity index (χ0) is 4.50. The first kappa shape index (κ1) is 6.35. The molecule has 0 aliphatic carbocycles. The zero-order valence-electron chi connectivity index (χ0n) is 2.67. The first-order valence-corrected chi connectivity index (χ1v) is 6.27. The van der Waals surface area contributed by atoms with Crippen LogP contribution in [-0.2, 0) is 36.3 Å². The first-order valence-electron chi connectivity index (χ1n) is 0.995. The van der Waals surface area contributed by atoms with Crippen LogP contribution in [0.5, 0.6) is 0 Å². The van der Waals surface area contributed by atoms with Crippen LogP contribution in [-0.4, -0.2) is 6.66 Å². The highest BCUT2D eigenvalue weighted by Gasteiger charge is 1.51. The van der Waals surface area contributed by atoms with Gasteiger partial charge in [0.05, 0.1) is 0 Å². The van der Waals surface area contributed by atoms with Crippen molar-refractivity contribution in [3.63, 3.8) is 0 Å². The van der Waals surface area contributed by atoms with Gasteiger partial charge in [-0.3, -0.25) is 0 Å². The fourth-order valence-electron chi connectivity index (χ4n) is 0. The van der Waals surface area contributed by atoms with Crippen LogP contribution in [0.2, 0.25) is 0 Å². The van der Waals surface area contributed by atoms with Gasteiger partial charge in [-0.15, -0.1) is 0 Å². The van der Waals surface area contributed by atoms with E-state index in [2.05, 4.69) is 36.3 Å². The van der Waals surface area contributed by atoms with Gasteiger partial charge in [0.2, 0.25) is 0 Å². The normalized spacial score (nSPS) is 11.8. The molecule has 0 saturated heterocycles. The summed E-state index contributed by atoms with van der Waals surface area (Å²) in [6.45, 7) is 1.74. The van der Waals surface area contributed by atoms with Crippen LogP contribution in [0, 0.1) is 0 Å². The summed E-state index contributed by atoms with van der Waals surface area (Å²) in [5, 5.41) is 0. The van der Waals surface area contributed by atoms with Crippen LogP contribution in [0.3, 0.4) is 0 Å². The average Bonchev–Trinajstić information content (AvgIpc) is 0.722. The Bertz CT molecular complexity index is 53.0. The maximum atomic E-state index is 4.57. The molecule has 0 fully saturated rings. The second-order valence-corrected chi connectivity index (χ2v) is 11.0. The lowest BCUT2D eigenvalue weighted by Gasteiger charge is -2.30. The summed E-state index contributed by atoms with van der Waals surface area (Å²) in [5.41, 5.74) is 0. The molecule has 0 rings (SSSR count). The summed E-state index contributed by atoms with van der Waals surface area (Å²) in [6, 6.07) is 0. The van der Waals surface area contributed by atoms with E-state index in [1.54, 1.807) is 6.66 Å². The fourth-order valence-corrected chi connectivity index (χ4v) is 0. The number of hydrogen-bond donors (Lipinski definition) is 0. The second kappa shape index (κ2) is 1.87. The van der Waals surface area contributed by atoms with Gasteiger partial charge in [0.1, 0.15) is 0 Å². The highest BCUT2D eigenvalue weighted by molar-refractivity contribution is 8.81. The third-order valence-electron chi connectivity index (χ3n) is 0. The zero-order valence-corrected chi connectivity index (χ0v) is 6.02. The van der Waals surface area contributed by atoms with Crippen molar-refractivity contribution in [1.82, 2.24) is 0 Å². The van der Waals surface area contributed by atoms with E-state index in [-0.39, 0.29) is 0 Å². The minimum absolute atomic E-state index is 1.64. The van der Waals surface area contributed by atoms with E-state index in [0.717, 1.165) is 0 Å². The van der Waals surface area contributed by atoms with Crippen LogP contribution < -0.4 is 0 Å². The molecule has 32 valence electrons. The topological polar surface area (TPSA) is 0 Å². The van der Waals surface area contributed by atoms with E-state index >= 15 is 0 Å². The molecule has 0 nitrogen and oxygen atoms in total. The van der Waals surface area contributed by atoms with Crippen molar-refractivity contribution in [2.75, 3.05) is 6.66 Å². The molecular weight excluding hydrogens is 139 g/mol. The Morgan fingerprint density at radius 3 is 1.60 bits per heavy atom. The third kappa shape index (κ3) is 32.9. The summed E-state index contributed by atoms with van der Waals surface area (Å²) in [7, 11) is 0.